The predicted molar refractivity (Wildman–Crippen MR) is 68.0 cm³/mol. The summed E-state index contributed by atoms with van der Waals surface area (Å²) in [4.78, 5) is 10.9. The third-order valence-corrected chi connectivity index (χ3v) is 2.84. The van der Waals surface area contributed by atoms with Crippen LogP contribution in [-0.2, 0) is 0 Å². The molecule has 0 bridgehead atoms. The molecule has 1 heterocycles. The molecule has 0 atom stereocenters. The van der Waals surface area contributed by atoms with Gasteiger partial charge in [-0.05, 0) is 11.5 Å². The molecule has 3 aromatic rings. The maximum absolute atomic E-state index is 10.9. The summed E-state index contributed by atoms with van der Waals surface area (Å²) in [5.41, 5.74) is 1.06. The van der Waals surface area contributed by atoms with Gasteiger partial charge in [0.15, 0.2) is 0 Å². The van der Waals surface area contributed by atoms with Gasteiger partial charge >= 0.3 is 5.97 Å². The molecule has 3 rings (SSSR count). The van der Waals surface area contributed by atoms with Crippen molar-refractivity contribution < 1.29 is 9.90 Å². The number of rotatable bonds is 2. The Kier molecular flexibility index (Phi) is 2.34. The van der Waals surface area contributed by atoms with Crippen LogP contribution in [0.4, 0.5) is 0 Å². The lowest BCUT2D eigenvalue weighted by Gasteiger charge is -2.05. The van der Waals surface area contributed by atoms with Crippen molar-refractivity contribution in [2.24, 2.45) is 0 Å². The smallest absolute Gasteiger partial charge is 0.338 e. The SMILES string of the molecule is O=C(O)c1cnn(-c2cccc3ccccc23)c1. The number of fused-ring (bicyclic) bond motifs is 1. The summed E-state index contributed by atoms with van der Waals surface area (Å²) in [6.07, 6.45) is 2.87. The van der Waals surface area contributed by atoms with Gasteiger partial charge in [0, 0.05) is 11.6 Å². The first-order valence-electron chi connectivity index (χ1n) is 5.52. The van der Waals surface area contributed by atoms with Crippen LogP contribution in [0.1, 0.15) is 10.4 Å². The number of carboxylic acid groups (broad SMARTS) is 1. The van der Waals surface area contributed by atoms with Crippen molar-refractivity contribution in [2.45, 2.75) is 0 Å². The van der Waals surface area contributed by atoms with Crippen LogP contribution in [0.5, 0.6) is 0 Å². The zero-order valence-electron chi connectivity index (χ0n) is 9.45. The van der Waals surface area contributed by atoms with E-state index >= 15 is 0 Å². The van der Waals surface area contributed by atoms with Crippen molar-refractivity contribution in [3.63, 3.8) is 0 Å². The average Bonchev–Trinajstić information content (AvgIpc) is 2.87. The number of carbonyl (C=O) groups is 1. The Bertz CT molecular complexity index is 726. The maximum Gasteiger partial charge on any atom is 0.338 e. The average molecular weight is 238 g/mol. The van der Waals surface area contributed by atoms with Crippen LogP contribution in [0.15, 0.2) is 54.9 Å². The predicted octanol–water partition coefficient (Wildman–Crippen LogP) is 2.72. The molecule has 0 fully saturated rings. The van der Waals surface area contributed by atoms with Gasteiger partial charge < -0.3 is 5.11 Å². The number of hydrogen-bond donors (Lipinski definition) is 1. The van der Waals surface area contributed by atoms with E-state index in [4.69, 9.17) is 5.11 Å². The van der Waals surface area contributed by atoms with E-state index in [1.807, 2.05) is 42.5 Å². The fourth-order valence-electron chi connectivity index (χ4n) is 1.97. The van der Waals surface area contributed by atoms with Crippen LogP contribution in [0, 0.1) is 0 Å². The third-order valence-electron chi connectivity index (χ3n) is 2.84. The van der Waals surface area contributed by atoms with Gasteiger partial charge in [-0.1, -0.05) is 36.4 Å². The Morgan fingerprint density at radius 3 is 2.67 bits per heavy atom. The summed E-state index contributed by atoms with van der Waals surface area (Å²) in [7, 11) is 0. The lowest BCUT2D eigenvalue weighted by Crippen LogP contribution is -1.96. The molecule has 0 amide bonds. The minimum absolute atomic E-state index is 0.183. The van der Waals surface area contributed by atoms with Gasteiger partial charge in [0.25, 0.3) is 0 Å². The number of carboxylic acids is 1. The lowest BCUT2D eigenvalue weighted by atomic mass is 10.1. The molecule has 0 aliphatic carbocycles. The Morgan fingerprint density at radius 2 is 1.89 bits per heavy atom. The topological polar surface area (TPSA) is 55.1 Å². The largest absolute Gasteiger partial charge is 0.478 e. The number of benzene rings is 2. The lowest BCUT2D eigenvalue weighted by molar-refractivity contribution is 0.0697. The van der Waals surface area contributed by atoms with Crippen LogP contribution in [0.2, 0.25) is 0 Å². The normalized spacial score (nSPS) is 10.7. The highest BCUT2D eigenvalue weighted by Crippen LogP contribution is 2.21. The van der Waals surface area contributed by atoms with Crippen molar-refractivity contribution in [2.75, 3.05) is 0 Å². The van der Waals surface area contributed by atoms with Crippen molar-refractivity contribution >= 4 is 16.7 Å². The minimum Gasteiger partial charge on any atom is -0.478 e. The van der Waals surface area contributed by atoms with Gasteiger partial charge in [0.1, 0.15) is 0 Å². The molecule has 1 N–H and O–H groups in total. The fraction of sp³-hybridized carbons (Fsp3) is 0. The van der Waals surface area contributed by atoms with Crippen molar-refractivity contribution in [3.8, 4) is 5.69 Å². The number of aromatic carboxylic acids is 1. The molecule has 0 radical (unpaired) electrons. The first-order valence-corrected chi connectivity index (χ1v) is 5.52. The zero-order chi connectivity index (χ0) is 12.5. The quantitative estimate of drug-likeness (QED) is 0.746. The summed E-state index contributed by atoms with van der Waals surface area (Å²) < 4.78 is 1.59. The second-order valence-electron chi connectivity index (χ2n) is 3.98. The fourth-order valence-corrected chi connectivity index (χ4v) is 1.97. The van der Waals surface area contributed by atoms with Crippen LogP contribution < -0.4 is 0 Å². The summed E-state index contributed by atoms with van der Waals surface area (Å²) in [5, 5.41) is 15.1. The van der Waals surface area contributed by atoms with Crippen molar-refractivity contribution in [1.29, 1.82) is 0 Å². The molecule has 0 spiro atoms. The summed E-state index contributed by atoms with van der Waals surface area (Å²) in [6, 6.07) is 13.8. The van der Waals surface area contributed by atoms with Crippen molar-refractivity contribution in [1.82, 2.24) is 9.78 Å². The van der Waals surface area contributed by atoms with Crippen LogP contribution in [0.25, 0.3) is 16.5 Å². The maximum atomic E-state index is 10.9. The minimum atomic E-state index is -0.971. The van der Waals surface area contributed by atoms with Gasteiger partial charge in [-0.2, -0.15) is 5.10 Å². The zero-order valence-corrected chi connectivity index (χ0v) is 9.45. The molecule has 0 aliphatic rings. The molecule has 4 nitrogen and oxygen atoms in total. The molecule has 88 valence electrons. The third kappa shape index (κ3) is 1.64. The van der Waals surface area contributed by atoms with E-state index in [0.29, 0.717) is 0 Å². The summed E-state index contributed by atoms with van der Waals surface area (Å²) in [6.45, 7) is 0. The summed E-state index contributed by atoms with van der Waals surface area (Å²) >= 11 is 0. The molecule has 18 heavy (non-hydrogen) atoms. The molecule has 2 aromatic carbocycles. The molecule has 0 unspecified atom stereocenters. The molecule has 0 saturated carbocycles. The van der Waals surface area contributed by atoms with E-state index in [1.165, 1.54) is 12.4 Å². The summed E-state index contributed by atoms with van der Waals surface area (Å²) in [5.74, 6) is -0.971. The van der Waals surface area contributed by atoms with Gasteiger partial charge in [0.2, 0.25) is 0 Å². The van der Waals surface area contributed by atoms with Gasteiger partial charge in [-0.15, -0.1) is 0 Å². The molecule has 0 aliphatic heterocycles. The monoisotopic (exact) mass is 238 g/mol. The number of nitrogens with zero attached hydrogens (tertiary/aromatic N) is 2. The second kappa shape index (κ2) is 4.00. The Hall–Kier alpha value is -2.62. The second-order valence-corrected chi connectivity index (χ2v) is 3.98. The van der Waals surface area contributed by atoms with Gasteiger partial charge in [-0.25, -0.2) is 9.48 Å². The van der Waals surface area contributed by atoms with Crippen LogP contribution in [0.3, 0.4) is 0 Å². The van der Waals surface area contributed by atoms with E-state index in [0.717, 1.165) is 16.5 Å². The Balaban J connectivity index is 2.21. The highest BCUT2D eigenvalue weighted by Gasteiger charge is 2.08. The van der Waals surface area contributed by atoms with E-state index in [9.17, 15) is 4.79 Å². The molecule has 0 saturated heterocycles. The molecule has 4 heteroatoms. The van der Waals surface area contributed by atoms with E-state index in [-0.39, 0.29) is 5.56 Å². The van der Waals surface area contributed by atoms with Crippen molar-refractivity contribution in [3.05, 3.63) is 60.4 Å². The van der Waals surface area contributed by atoms with Gasteiger partial charge in [0.05, 0.1) is 17.4 Å². The van der Waals surface area contributed by atoms with Gasteiger partial charge in [-0.3, -0.25) is 0 Å². The number of hydrogen-bond acceptors (Lipinski definition) is 2. The van der Waals surface area contributed by atoms with E-state index in [2.05, 4.69) is 5.10 Å². The Morgan fingerprint density at radius 1 is 1.11 bits per heavy atom. The highest BCUT2D eigenvalue weighted by atomic mass is 16.4. The molecular formula is C14H10N2O2. The highest BCUT2D eigenvalue weighted by molar-refractivity contribution is 5.91. The Labute approximate surface area is 103 Å². The first-order chi connectivity index (χ1) is 8.75. The van der Waals surface area contributed by atoms with Crippen LogP contribution in [-0.4, -0.2) is 20.9 Å². The molecular weight excluding hydrogens is 228 g/mol. The van der Waals surface area contributed by atoms with E-state index < -0.39 is 5.97 Å². The van der Waals surface area contributed by atoms with Crippen LogP contribution >= 0.6 is 0 Å². The molecule has 1 aromatic heterocycles. The number of aromatic nitrogens is 2. The standard InChI is InChI=1S/C14H10N2O2/c17-14(18)11-8-15-16(9-11)13-7-3-5-10-4-1-2-6-12(10)13/h1-9H,(H,17,18). The first kappa shape index (κ1) is 10.5. The van der Waals surface area contributed by atoms with E-state index in [1.54, 1.807) is 4.68 Å².